The molecule has 2 aliphatic rings. The van der Waals surface area contributed by atoms with E-state index >= 15 is 0 Å². The van der Waals surface area contributed by atoms with E-state index in [1.165, 1.54) is 32.1 Å². The van der Waals surface area contributed by atoms with Gasteiger partial charge in [-0.1, -0.05) is 0 Å². The van der Waals surface area contributed by atoms with E-state index in [9.17, 15) is 0 Å². The summed E-state index contributed by atoms with van der Waals surface area (Å²) in [5.74, 6) is 0. The zero-order valence-corrected chi connectivity index (χ0v) is 7.88. The van der Waals surface area contributed by atoms with Crippen LogP contribution in [0, 0.1) is 5.41 Å². The van der Waals surface area contributed by atoms with Crippen molar-refractivity contribution in [3.05, 3.63) is 0 Å². The van der Waals surface area contributed by atoms with E-state index in [0.29, 0.717) is 17.6 Å². The van der Waals surface area contributed by atoms with Gasteiger partial charge in [-0.3, -0.25) is 0 Å². The molecular formula is C10H19NO. The third kappa shape index (κ3) is 1.50. The molecule has 12 heavy (non-hydrogen) atoms. The maximum Gasteiger partial charge on any atom is 0.0581 e. The quantitative estimate of drug-likeness (QED) is 0.697. The van der Waals surface area contributed by atoms with Gasteiger partial charge in [-0.15, -0.1) is 0 Å². The van der Waals surface area contributed by atoms with Crippen LogP contribution in [0.2, 0.25) is 0 Å². The number of rotatable bonds is 3. The Balaban J connectivity index is 1.85. The maximum atomic E-state index is 5.96. The van der Waals surface area contributed by atoms with Crippen molar-refractivity contribution in [2.24, 2.45) is 11.1 Å². The number of nitrogens with two attached hydrogens (primary N) is 1. The first-order valence-electron chi connectivity index (χ1n) is 5.10. The molecule has 2 unspecified atom stereocenters. The maximum absolute atomic E-state index is 5.96. The minimum atomic E-state index is 0.363. The highest BCUT2D eigenvalue weighted by Gasteiger charge is 2.47. The molecule has 0 radical (unpaired) electrons. The summed E-state index contributed by atoms with van der Waals surface area (Å²) in [7, 11) is 0. The van der Waals surface area contributed by atoms with Crippen LogP contribution >= 0.6 is 0 Å². The van der Waals surface area contributed by atoms with E-state index in [-0.39, 0.29) is 0 Å². The van der Waals surface area contributed by atoms with Crippen molar-refractivity contribution in [2.45, 2.75) is 51.2 Å². The van der Waals surface area contributed by atoms with Crippen LogP contribution in [-0.4, -0.2) is 18.8 Å². The Kier molecular flexibility index (Phi) is 2.13. The Morgan fingerprint density at radius 1 is 1.58 bits per heavy atom. The molecule has 1 aliphatic carbocycles. The molecule has 0 aromatic rings. The molecule has 2 fully saturated rings. The van der Waals surface area contributed by atoms with E-state index in [1.54, 1.807) is 0 Å². The van der Waals surface area contributed by atoms with Crippen molar-refractivity contribution in [2.75, 3.05) is 6.61 Å². The Labute approximate surface area is 74.5 Å². The molecule has 2 atom stereocenters. The summed E-state index contributed by atoms with van der Waals surface area (Å²) < 4.78 is 5.62. The van der Waals surface area contributed by atoms with Crippen LogP contribution in [0.4, 0.5) is 0 Å². The highest BCUT2D eigenvalue weighted by Crippen LogP contribution is 2.52. The van der Waals surface area contributed by atoms with Gasteiger partial charge < -0.3 is 10.5 Å². The minimum Gasteiger partial charge on any atom is -0.378 e. The van der Waals surface area contributed by atoms with E-state index in [4.69, 9.17) is 10.5 Å². The van der Waals surface area contributed by atoms with Gasteiger partial charge in [0.1, 0.15) is 0 Å². The standard InChI is InChI=1S/C10H19NO/c1-8(11)10(4-5-10)7-9-3-2-6-12-9/h8-9H,2-7,11H2,1H3. The zero-order valence-electron chi connectivity index (χ0n) is 7.88. The molecule has 0 bridgehead atoms. The molecule has 0 amide bonds. The molecule has 0 spiro atoms. The lowest BCUT2D eigenvalue weighted by Crippen LogP contribution is -2.31. The fraction of sp³-hybridized carbons (Fsp3) is 1.00. The van der Waals surface area contributed by atoms with Gasteiger partial charge in [-0.2, -0.15) is 0 Å². The van der Waals surface area contributed by atoms with Crippen molar-refractivity contribution in [3.63, 3.8) is 0 Å². The van der Waals surface area contributed by atoms with Crippen molar-refractivity contribution >= 4 is 0 Å². The van der Waals surface area contributed by atoms with Crippen molar-refractivity contribution < 1.29 is 4.74 Å². The third-order valence-corrected chi connectivity index (χ3v) is 3.52. The molecule has 0 aromatic heterocycles. The zero-order chi connectivity index (χ0) is 8.60. The summed E-state index contributed by atoms with van der Waals surface area (Å²) in [5, 5.41) is 0. The van der Waals surface area contributed by atoms with E-state index in [0.717, 1.165) is 6.61 Å². The first kappa shape index (κ1) is 8.52. The minimum absolute atomic E-state index is 0.363. The van der Waals surface area contributed by atoms with Crippen LogP contribution in [0.15, 0.2) is 0 Å². The monoisotopic (exact) mass is 169 g/mol. The van der Waals surface area contributed by atoms with Crippen LogP contribution in [0.5, 0.6) is 0 Å². The molecule has 2 nitrogen and oxygen atoms in total. The molecule has 1 aliphatic heterocycles. The molecule has 70 valence electrons. The molecule has 2 N–H and O–H groups in total. The predicted molar refractivity (Wildman–Crippen MR) is 48.9 cm³/mol. The van der Waals surface area contributed by atoms with Crippen LogP contribution < -0.4 is 5.73 Å². The lowest BCUT2D eigenvalue weighted by Gasteiger charge is -2.22. The Morgan fingerprint density at radius 3 is 2.75 bits per heavy atom. The Morgan fingerprint density at radius 2 is 2.33 bits per heavy atom. The average molecular weight is 169 g/mol. The summed E-state index contributed by atoms with van der Waals surface area (Å²) in [5.41, 5.74) is 6.42. The lowest BCUT2D eigenvalue weighted by atomic mass is 9.91. The molecule has 1 heterocycles. The van der Waals surface area contributed by atoms with Crippen molar-refractivity contribution in [1.82, 2.24) is 0 Å². The molecule has 1 saturated carbocycles. The number of hydrogen-bond donors (Lipinski definition) is 1. The summed E-state index contributed by atoms with van der Waals surface area (Å²) in [6.07, 6.45) is 6.90. The topological polar surface area (TPSA) is 35.2 Å². The molecule has 1 saturated heterocycles. The van der Waals surface area contributed by atoms with Gasteiger partial charge in [0, 0.05) is 12.6 Å². The van der Waals surface area contributed by atoms with Gasteiger partial charge in [0.25, 0.3) is 0 Å². The summed E-state index contributed by atoms with van der Waals surface area (Å²) in [4.78, 5) is 0. The van der Waals surface area contributed by atoms with Crippen LogP contribution in [-0.2, 0) is 4.74 Å². The first-order chi connectivity index (χ1) is 5.73. The summed E-state index contributed by atoms with van der Waals surface area (Å²) in [6, 6.07) is 0.363. The van der Waals surface area contributed by atoms with Gasteiger partial charge in [-0.25, -0.2) is 0 Å². The van der Waals surface area contributed by atoms with Crippen LogP contribution in [0.3, 0.4) is 0 Å². The van der Waals surface area contributed by atoms with Crippen LogP contribution in [0.1, 0.15) is 39.0 Å². The van der Waals surface area contributed by atoms with Gasteiger partial charge in [0.2, 0.25) is 0 Å². The molecule has 2 heteroatoms. The molecule has 0 aromatic carbocycles. The van der Waals surface area contributed by atoms with Gasteiger partial charge in [0.15, 0.2) is 0 Å². The van der Waals surface area contributed by atoms with Gasteiger partial charge >= 0.3 is 0 Å². The molecule has 2 rings (SSSR count). The molecular weight excluding hydrogens is 150 g/mol. The fourth-order valence-electron chi connectivity index (χ4n) is 2.26. The summed E-state index contributed by atoms with van der Waals surface area (Å²) >= 11 is 0. The van der Waals surface area contributed by atoms with Crippen LogP contribution in [0.25, 0.3) is 0 Å². The smallest absolute Gasteiger partial charge is 0.0581 e. The van der Waals surface area contributed by atoms with E-state index in [2.05, 4.69) is 6.92 Å². The van der Waals surface area contributed by atoms with E-state index in [1.807, 2.05) is 0 Å². The number of hydrogen-bond acceptors (Lipinski definition) is 2. The van der Waals surface area contributed by atoms with Gasteiger partial charge in [-0.05, 0) is 44.4 Å². The van der Waals surface area contributed by atoms with Gasteiger partial charge in [0.05, 0.1) is 6.10 Å². The van der Waals surface area contributed by atoms with E-state index < -0.39 is 0 Å². The average Bonchev–Trinajstić information content (AvgIpc) is 2.60. The summed E-state index contributed by atoms with van der Waals surface area (Å²) in [6.45, 7) is 3.11. The lowest BCUT2D eigenvalue weighted by molar-refractivity contribution is 0.0815. The second-order valence-corrected chi connectivity index (χ2v) is 4.49. The third-order valence-electron chi connectivity index (χ3n) is 3.52. The largest absolute Gasteiger partial charge is 0.378 e. The highest BCUT2D eigenvalue weighted by molar-refractivity contribution is 5.00. The Bertz CT molecular complexity index is 157. The normalized spacial score (nSPS) is 35.0. The Hall–Kier alpha value is -0.0800. The predicted octanol–water partition coefficient (Wildman–Crippen LogP) is 1.68. The second kappa shape index (κ2) is 3.00. The van der Waals surface area contributed by atoms with Crippen molar-refractivity contribution in [1.29, 1.82) is 0 Å². The number of ether oxygens (including phenoxy) is 1. The SMILES string of the molecule is CC(N)C1(CC2CCCO2)CC1. The second-order valence-electron chi connectivity index (χ2n) is 4.49. The highest BCUT2D eigenvalue weighted by atomic mass is 16.5. The first-order valence-corrected chi connectivity index (χ1v) is 5.10. The fourth-order valence-corrected chi connectivity index (χ4v) is 2.26. The van der Waals surface area contributed by atoms with Crippen molar-refractivity contribution in [3.8, 4) is 0 Å².